The van der Waals surface area contributed by atoms with Gasteiger partial charge in [0.25, 0.3) is 0 Å². The number of aliphatic hydroxyl groups is 1. The van der Waals surface area contributed by atoms with E-state index in [4.69, 9.17) is 10.1 Å². The fourth-order valence-corrected chi connectivity index (χ4v) is 2.83. The Morgan fingerprint density at radius 3 is 2.26 bits per heavy atom. The molecule has 1 N–H and O–H groups in total. The number of hydrogen-bond acceptors (Lipinski definition) is 2. The van der Waals surface area contributed by atoms with E-state index < -0.39 is 0 Å². The van der Waals surface area contributed by atoms with Gasteiger partial charge in [-0.25, -0.2) is 4.98 Å². The number of nitrogens with zero attached hydrogens (tertiary/aromatic N) is 2. The molecule has 0 aliphatic rings. The van der Waals surface area contributed by atoms with Crippen LogP contribution >= 0.6 is 0 Å². The first-order valence-electron chi connectivity index (χ1n) is 8.59. The van der Waals surface area contributed by atoms with Crippen molar-refractivity contribution in [2.45, 2.75) is 0 Å². The van der Waals surface area contributed by atoms with Crippen molar-refractivity contribution in [3.63, 3.8) is 0 Å². The molecule has 27 heavy (non-hydrogen) atoms. The van der Waals surface area contributed by atoms with E-state index in [1.165, 1.54) is 0 Å². The molecule has 0 radical (unpaired) electrons. The zero-order valence-corrected chi connectivity index (χ0v) is 14.6. The van der Waals surface area contributed by atoms with E-state index in [9.17, 15) is 0 Å². The Morgan fingerprint density at radius 1 is 0.778 bits per heavy atom. The predicted molar refractivity (Wildman–Crippen MR) is 107 cm³/mol. The van der Waals surface area contributed by atoms with Crippen LogP contribution in [0.5, 0.6) is 0 Å². The summed E-state index contributed by atoms with van der Waals surface area (Å²) in [6.45, 7) is -0.169. The lowest BCUT2D eigenvalue weighted by Crippen LogP contribution is -1.91. The second-order valence-corrected chi connectivity index (χ2v) is 5.90. The zero-order chi connectivity index (χ0) is 18.5. The fourth-order valence-electron chi connectivity index (χ4n) is 2.83. The Balaban J connectivity index is 1.92. The summed E-state index contributed by atoms with van der Waals surface area (Å²) in [6, 6.07) is 23.7. The summed E-state index contributed by atoms with van der Waals surface area (Å²) >= 11 is 0. The number of rotatable bonds is 1. The monoisotopic (exact) mass is 348 g/mol. The number of benzene rings is 2. The third-order valence-corrected chi connectivity index (χ3v) is 4.08. The highest BCUT2D eigenvalue weighted by atomic mass is 16.2. The van der Waals surface area contributed by atoms with Crippen LogP contribution in [0.2, 0.25) is 0 Å². The number of fused-ring (bicyclic) bond motifs is 1. The van der Waals surface area contributed by atoms with E-state index in [0.717, 1.165) is 33.7 Å². The van der Waals surface area contributed by atoms with E-state index in [2.05, 4.69) is 23.7 Å². The third-order valence-electron chi connectivity index (χ3n) is 4.08. The van der Waals surface area contributed by atoms with Crippen molar-refractivity contribution in [3.8, 4) is 34.9 Å². The molecule has 4 rings (SSSR count). The third kappa shape index (κ3) is 3.60. The molecule has 0 saturated heterocycles. The van der Waals surface area contributed by atoms with Crippen molar-refractivity contribution in [3.05, 3.63) is 95.8 Å². The van der Waals surface area contributed by atoms with Crippen LogP contribution in [0, 0.1) is 23.7 Å². The van der Waals surface area contributed by atoms with E-state index in [0.29, 0.717) is 0 Å². The van der Waals surface area contributed by atoms with Crippen molar-refractivity contribution in [1.82, 2.24) is 9.38 Å². The molecule has 2 aromatic carbocycles. The standard InChI is InChI=1S/C24H16N2O/c27-17-7-10-20-14-16-23-25-24(21-11-5-2-6-12-21)22(26(23)18-20)15-13-19-8-3-1-4-9-19/h1-6,8-9,11-12,14,16,18,27H,17H2. The summed E-state index contributed by atoms with van der Waals surface area (Å²) in [4.78, 5) is 4.78. The molecule has 0 amide bonds. The Kier molecular flexibility index (Phi) is 4.70. The highest BCUT2D eigenvalue weighted by Crippen LogP contribution is 2.24. The van der Waals surface area contributed by atoms with Crippen LogP contribution < -0.4 is 0 Å². The maximum Gasteiger partial charge on any atom is 0.138 e. The quantitative estimate of drug-likeness (QED) is 0.532. The van der Waals surface area contributed by atoms with Crippen LogP contribution in [0.3, 0.4) is 0 Å². The van der Waals surface area contributed by atoms with E-state index >= 15 is 0 Å². The van der Waals surface area contributed by atoms with Gasteiger partial charge in [-0.1, -0.05) is 66.3 Å². The van der Waals surface area contributed by atoms with Gasteiger partial charge in [-0.15, -0.1) is 0 Å². The lowest BCUT2D eigenvalue weighted by Gasteiger charge is -1.99. The van der Waals surface area contributed by atoms with Gasteiger partial charge in [0.05, 0.1) is 0 Å². The van der Waals surface area contributed by atoms with Crippen molar-refractivity contribution in [2.75, 3.05) is 6.61 Å². The van der Waals surface area contributed by atoms with Crippen LogP contribution in [0.1, 0.15) is 16.8 Å². The van der Waals surface area contributed by atoms with Crippen LogP contribution in [0.15, 0.2) is 79.0 Å². The molecule has 0 spiro atoms. The van der Waals surface area contributed by atoms with Gasteiger partial charge in [-0.05, 0) is 30.2 Å². The number of pyridine rings is 1. The van der Waals surface area contributed by atoms with Gasteiger partial charge in [-0.2, -0.15) is 0 Å². The number of aliphatic hydroxyl groups excluding tert-OH is 1. The highest BCUT2D eigenvalue weighted by molar-refractivity contribution is 5.71. The van der Waals surface area contributed by atoms with Gasteiger partial charge in [-0.3, -0.25) is 4.40 Å². The number of hydrogen-bond donors (Lipinski definition) is 1. The molecule has 0 saturated carbocycles. The summed E-state index contributed by atoms with van der Waals surface area (Å²) in [5, 5.41) is 8.94. The minimum absolute atomic E-state index is 0.169. The first-order chi connectivity index (χ1) is 13.3. The molecule has 0 bridgehead atoms. The average Bonchev–Trinajstić information content (AvgIpc) is 3.10. The smallest absolute Gasteiger partial charge is 0.138 e. The molecule has 0 fully saturated rings. The first-order valence-corrected chi connectivity index (χ1v) is 8.59. The molecular weight excluding hydrogens is 332 g/mol. The van der Waals surface area contributed by atoms with Gasteiger partial charge in [0.15, 0.2) is 0 Å². The van der Waals surface area contributed by atoms with Crippen LogP contribution in [-0.2, 0) is 0 Å². The number of imidazole rings is 1. The molecular formula is C24H16N2O. The van der Waals surface area contributed by atoms with E-state index in [-0.39, 0.29) is 6.61 Å². The molecule has 0 aliphatic carbocycles. The lowest BCUT2D eigenvalue weighted by atomic mass is 10.1. The largest absolute Gasteiger partial charge is 0.384 e. The van der Waals surface area contributed by atoms with Gasteiger partial charge in [0.2, 0.25) is 0 Å². The molecule has 3 heteroatoms. The molecule has 2 aromatic heterocycles. The van der Waals surface area contributed by atoms with Crippen molar-refractivity contribution < 1.29 is 5.11 Å². The second-order valence-electron chi connectivity index (χ2n) is 5.90. The first kappa shape index (κ1) is 16.7. The molecule has 0 atom stereocenters. The average molecular weight is 348 g/mol. The van der Waals surface area contributed by atoms with E-state index in [1.807, 2.05) is 83.4 Å². The van der Waals surface area contributed by atoms with Crippen molar-refractivity contribution >= 4 is 5.65 Å². The molecule has 0 aliphatic heterocycles. The van der Waals surface area contributed by atoms with Crippen LogP contribution in [0.4, 0.5) is 0 Å². The van der Waals surface area contributed by atoms with Crippen LogP contribution in [-0.4, -0.2) is 21.1 Å². The van der Waals surface area contributed by atoms with Crippen molar-refractivity contribution in [1.29, 1.82) is 0 Å². The van der Waals surface area contributed by atoms with Crippen LogP contribution in [0.25, 0.3) is 16.9 Å². The highest BCUT2D eigenvalue weighted by Gasteiger charge is 2.12. The van der Waals surface area contributed by atoms with Gasteiger partial charge >= 0.3 is 0 Å². The Bertz CT molecular complexity index is 1200. The minimum atomic E-state index is -0.169. The maximum atomic E-state index is 8.94. The second kappa shape index (κ2) is 7.62. The Labute approximate surface area is 158 Å². The Morgan fingerprint density at radius 2 is 1.52 bits per heavy atom. The summed E-state index contributed by atoms with van der Waals surface area (Å²) in [7, 11) is 0. The summed E-state index contributed by atoms with van der Waals surface area (Å²) < 4.78 is 1.96. The summed E-state index contributed by atoms with van der Waals surface area (Å²) in [5.41, 5.74) is 5.22. The van der Waals surface area contributed by atoms with E-state index in [1.54, 1.807) is 0 Å². The lowest BCUT2D eigenvalue weighted by molar-refractivity contribution is 0.350. The van der Waals surface area contributed by atoms with Crippen molar-refractivity contribution in [2.24, 2.45) is 0 Å². The topological polar surface area (TPSA) is 37.5 Å². The van der Waals surface area contributed by atoms with Gasteiger partial charge < -0.3 is 5.11 Å². The fraction of sp³-hybridized carbons (Fsp3) is 0.0417. The zero-order valence-electron chi connectivity index (χ0n) is 14.6. The normalized spacial score (nSPS) is 9.96. The predicted octanol–water partition coefficient (Wildman–Crippen LogP) is 3.74. The van der Waals surface area contributed by atoms with Gasteiger partial charge in [0, 0.05) is 22.9 Å². The molecule has 0 unspecified atom stereocenters. The van der Waals surface area contributed by atoms with Gasteiger partial charge in [0.1, 0.15) is 23.6 Å². The molecule has 2 heterocycles. The maximum absolute atomic E-state index is 8.94. The summed E-state index contributed by atoms with van der Waals surface area (Å²) in [5.74, 6) is 12.1. The number of aromatic nitrogens is 2. The molecule has 4 aromatic rings. The summed E-state index contributed by atoms with van der Waals surface area (Å²) in [6.07, 6.45) is 1.91. The molecule has 3 nitrogen and oxygen atoms in total. The molecule has 128 valence electrons. The minimum Gasteiger partial charge on any atom is -0.384 e. The Hall–Kier alpha value is -3.79. The SMILES string of the molecule is OCC#Cc1ccc2nc(-c3ccccc3)c(C#Cc3ccccc3)n2c1.